The van der Waals surface area contributed by atoms with Gasteiger partial charge in [-0.2, -0.15) is 0 Å². The Morgan fingerprint density at radius 1 is 1.07 bits per heavy atom. The second kappa shape index (κ2) is 8.24. The molecule has 4 rings (SSSR count). The molecule has 12 nitrogen and oxygen atoms in total. The molecule has 0 bridgehead atoms. The van der Waals surface area contributed by atoms with E-state index in [4.69, 9.17) is 16.2 Å². The number of amidine groups is 1. The van der Waals surface area contributed by atoms with E-state index in [1.807, 2.05) is 14.0 Å². The second-order valence-corrected chi connectivity index (χ2v) is 7.38. The first-order valence-corrected chi connectivity index (χ1v) is 9.58. The highest BCUT2D eigenvalue weighted by atomic mass is 32.1. The number of nitrogen functional groups attached to an aromatic ring is 2. The number of hydrogen-bond acceptors (Lipinski definition) is 14. The van der Waals surface area contributed by atoms with Crippen molar-refractivity contribution in [2.75, 3.05) is 42.8 Å². The van der Waals surface area contributed by atoms with Crippen LogP contribution in [0.3, 0.4) is 0 Å². The van der Waals surface area contributed by atoms with Gasteiger partial charge in [-0.1, -0.05) is 22.7 Å². The zero-order valence-electron chi connectivity index (χ0n) is 15.0. The third kappa shape index (κ3) is 4.29. The van der Waals surface area contributed by atoms with E-state index in [2.05, 4.69) is 47.2 Å². The fraction of sp³-hybridized carbons (Fsp3) is 0.385. The lowest BCUT2D eigenvalue weighted by molar-refractivity contribution is 0.324. The molecular formula is C13H21N11OS2. The van der Waals surface area contributed by atoms with Crippen LogP contribution < -0.4 is 38.6 Å². The summed E-state index contributed by atoms with van der Waals surface area (Å²) in [4.78, 5) is 14.2. The van der Waals surface area contributed by atoms with Crippen LogP contribution in [0.2, 0.25) is 0 Å². The predicted octanol–water partition coefficient (Wildman–Crippen LogP) is -0.0267. The first-order valence-electron chi connectivity index (χ1n) is 7.95. The highest BCUT2D eigenvalue weighted by molar-refractivity contribution is 7.18. The summed E-state index contributed by atoms with van der Waals surface area (Å²) < 4.78 is 5.40. The summed E-state index contributed by atoms with van der Waals surface area (Å²) in [6.45, 7) is 2.63. The van der Waals surface area contributed by atoms with Crippen LogP contribution in [0.5, 0.6) is 0 Å². The number of hydrogen-bond donors (Lipinski definition) is 7. The lowest BCUT2D eigenvalue weighted by atomic mass is 10.4. The largest absolute Gasteiger partial charge is 0.475 e. The first-order chi connectivity index (χ1) is 13.0. The van der Waals surface area contributed by atoms with Gasteiger partial charge in [-0.15, -0.1) is 10.6 Å². The van der Waals surface area contributed by atoms with Crippen LogP contribution >= 0.6 is 22.7 Å². The average Bonchev–Trinajstić information content (AvgIpc) is 3.42. The summed E-state index contributed by atoms with van der Waals surface area (Å²) in [5.41, 5.74) is 19.4. The normalized spacial score (nSPS) is 17.7. The number of aromatic nitrogens is 2. The van der Waals surface area contributed by atoms with Gasteiger partial charge >= 0.3 is 0 Å². The second-order valence-electron chi connectivity index (χ2n) is 5.38. The van der Waals surface area contributed by atoms with Crippen molar-refractivity contribution in [1.82, 2.24) is 26.5 Å². The predicted molar refractivity (Wildman–Crippen MR) is 110 cm³/mol. The Balaban J connectivity index is 0.000000156. The van der Waals surface area contributed by atoms with Gasteiger partial charge in [-0.3, -0.25) is 5.43 Å². The number of thiazole rings is 2. The summed E-state index contributed by atoms with van der Waals surface area (Å²) in [7, 11) is 3.60. The van der Waals surface area contributed by atoms with Crippen LogP contribution in [0.1, 0.15) is 16.7 Å². The SMILES string of the molecule is CNc1nc(N)c(C2=NC(C)CO2)s1.CNc1nc(N)c(C2=NNNN2)s1. The zero-order chi connectivity index (χ0) is 19.4. The van der Waals surface area contributed by atoms with Gasteiger partial charge in [0.25, 0.3) is 0 Å². The Kier molecular flexibility index (Phi) is 5.78. The molecule has 4 heterocycles. The first kappa shape index (κ1) is 18.9. The standard InChI is InChI=1S/C8H12N4OS.C5H9N7S/c1-4-3-13-7(11-4)5-6(9)12-8(10-2)14-5;1-7-5-8-3(6)2(13-5)4-9-11-12-10-4/h4H,3,9H2,1-2H3,(H,10,12);11-12H,6H2,1H3,(H,7,8)(H,9,10). The molecule has 0 fully saturated rings. The summed E-state index contributed by atoms with van der Waals surface area (Å²) in [5.74, 6) is 2.21. The lowest BCUT2D eigenvalue weighted by Crippen LogP contribution is -2.35. The molecule has 0 radical (unpaired) electrons. The van der Waals surface area contributed by atoms with Crippen LogP contribution in [0, 0.1) is 0 Å². The van der Waals surface area contributed by atoms with Crippen molar-refractivity contribution in [2.24, 2.45) is 10.1 Å². The molecule has 0 saturated carbocycles. The lowest BCUT2D eigenvalue weighted by Gasteiger charge is -1.96. The van der Waals surface area contributed by atoms with Gasteiger partial charge < -0.3 is 26.8 Å². The van der Waals surface area contributed by atoms with Gasteiger partial charge in [-0.05, 0) is 6.92 Å². The maximum absolute atomic E-state index is 5.74. The van der Waals surface area contributed by atoms with Gasteiger partial charge in [0.2, 0.25) is 5.90 Å². The fourth-order valence-electron chi connectivity index (χ4n) is 2.11. The summed E-state index contributed by atoms with van der Waals surface area (Å²) in [6, 6.07) is 0.213. The third-order valence-electron chi connectivity index (χ3n) is 3.35. The highest BCUT2D eigenvalue weighted by Gasteiger charge is 2.21. The number of nitrogens with one attached hydrogen (secondary N) is 5. The molecule has 0 amide bonds. The van der Waals surface area contributed by atoms with Gasteiger partial charge in [0.1, 0.15) is 28.0 Å². The van der Waals surface area contributed by atoms with Crippen LogP contribution in [0.4, 0.5) is 21.9 Å². The number of rotatable bonds is 4. The molecule has 1 unspecified atom stereocenters. The number of hydrazine groups is 2. The maximum atomic E-state index is 5.74. The fourth-order valence-corrected chi connectivity index (χ4v) is 3.68. The summed E-state index contributed by atoms with van der Waals surface area (Å²) >= 11 is 2.89. The van der Waals surface area contributed by atoms with Crippen molar-refractivity contribution < 1.29 is 4.74 Å². The third-order valence-corrected chi connectivity index (χ3v) is 5.52. The Morgan fingerprint density at radius 3 is 2.19 bits per heavy atom. The zero-order valence-corrected chi connectivity index (χ0v) is 16.6. The summed E-state index contributed by atoms with van der Waals surface area (Å²) in [6.07, 6.45) is 0. The van der Waals surface area contributed by atoms with E-state index >= 15 is 0 Å². The number of nitrogens with two attached hydrogens (primary N) is 2. The molecule has 14 heteroatoms. The van der Waals surface area contributed by atoms with Gasteiger partial charge in [0.05, 0.1) is 6.04 Å². The van der Waals surface area contributed by atoms with E-state index in [1.54, 1.807) is 7.05 Å². The molecule has 0 spiro atoms. The molecule has 9 N–H and O–H groups in total. The molecule has 2 aliphatic rings. The van der Waals surface area contributed by atoms with Crippen molar-refractivity contribution in [1.29, 1.82) is 0 Å². The van der Waals surface area contributed by atoms with Gasteiger partial charge in [-0.25, -0.2) is 20.5 Å². The van der Waals surface area contributed by atoms with Crippen molar-refractivity contribution in [2.45, 2.75) is 13.0 Å². The van der Waals surface area contributed by atoms with Crippen LogP contribution in [-0.4, -0.2) is 48.4 Å². The minimum atomic E-state index is 0.213. The topological polar surface area (TPSA) is 172 Å². The van der Waals surface area contributed by atoms with Gasteiger partial charge in [0, 0.05) is 14.1 Å². The Bertz CT molecular complexity index is 859. The molecule has 27 heavy (non-hydrogen) atoms. The number of hydrazone groups is 1. The molecule has 0 saturated heterocycles. The number of ether oxygens (including phenoxy) is 1. The van der Waals surface area contributed by atoms with Crippen LogP contribution in [0.25, 0.3) is 0 Å². The van der Waals surface area contributed by atoms with Crippen molar-refractivity contribution in [3.05, 3.63) is 9.75 Å². The maximum Gasteiger partial charge on any atom is 0.230 e. The van der Waals surface area contributed by atoms with E-state index in [-0.39, 0.29) is 6.04 Å². The average molecular weight is 412 g/mol. The minimum Gasteiger partial charge on any atom is -0.475 e. The number of anilines is 4. The quantitative estimate of drug-likeness (QED) is 0.362. The van der Waals surface area contributed by atoms with E-state index in [0.717, 1.165) is 20.0 Å². The van der Waals surface area contributed by atoms with Gasteiger partial charge in [0.15, 0.2) is 16.1 Å². The molecule has 0 aliphatic carbocycles. The molecule has 2 aromatic heterocycles. The van der Waals surface area contributed by atoms with E-state index in [0.29, 0.717) is 30.0 Å². The Hall–Kier alpha value is -2.84. The van der Waals surface area contributed by atoms with Crippen LogP contribution in [-0.2, 0) is 4.74 Å². The monoisotopic (exact) mass is 411 g/mol. The number of nitrogens with zero attached hydrogens (tertiary/aromatic N) is 4. The Labute approximate surface area is 163 Å². The van der Waals surface area contributed by atoms with E-state index in [1.165, 1.54) is 22.7 Å². The van der Waals surface area contributed by atoms with Crippen molar-refractivity contribution in [3.63, 3.8) is 0 Å². The highest BCUT2D eigenvalue weighted by Crippen LogP contribution is 2.27. The molecule has 2 aromatic rings. The minimum absolute atomic E-state index is 0.213. The Morgan fingerprint density at radius 2 is 1.70 bits per heavy atom. The summed E-state index contributed by atoms with van der Waals surface area (Å²) in [5, 5.41) is 11.3. The van der Waals surface area contributed by atoms with E-state index in [9.17, 15) is 0 Å². The molecule has 146 valence electrons. The smallest absolute Gasteiger partial charge is 0.230 e. The van der Waals surface area contributed by atoms with Crippen molar-refractivity contribution in [3.8, 4) is 0 Å². The van der Waals surface area contributed by atoms with E-state index < -0.39 is 0 Å². The molecule has 2 aliphatic heterocycles. The molecule has 1 atom stereocenters. The van der Waals surface area contributed by atoms with Crippen molar-refractivity contribution >= 4 is 56.3 Å². The molecule has 0 aromatic carbocycles. The number of aliphatic imine (C=N–C) groups is 1. The van der Waals surface area contributed by atoms with Crippen LogP contribution in [0.15, 0.2) is 10.1 Å². The molecular weight excluding hydrogens is 390 g/mol.